The summed E-state index contributed by atoms with van der Waals surface area (Å²) in [5.41, 5.74) is 0.992. The van der Waals surface area contributed by atoms with E-state index in [1.54, 1.807) is 0 Å². The minimum atomic E-state index is -0.118. The third-order valence-electron chi connectivity index (χ3n) is 4.40. The molecule has 1 unspecified atom stereocenters. The van der Waals surface area contributed by atoms with Gasteiger partial charge in [0.1, 0.15) is 5.75 Å². The molecule has 1 amide bonds. The van der Waals surface area contributed by atoms with Crippen LogP contribution in [0.3, 0.4) is 0 Å². The summed E-state index contributed by atoms with van der Waals surface area (Å²) in [6.07, 6.45) is 4.04. The number of hydrogen-bond donors (Lipinski definition) is 1. The Morgan fingerprint density at radius 2 is 2.10 bits per heavy atom. The summed E-state index contributed by atoms with van der Waals surface area (Å²) >= 11 is 0. The van der Waals surface area contributed by atoms with Crippen LogP contribution in [0.4, 0.5) is 0 Å². The van der Waals surface area contributed by atoms with Crippen LogP contribution in [0.2, 0.25) is 0 Å². The number of amides is 1. The summed E-state index contributed by atoms with van der Waals surface area (Å²) in [5.74, 6) is 0.862. The lowest BCUT2D eigenvalue weighted by Gasteiger charge is -2.40. The number of carbonyl (C=O) groups excluding carboxylic acids is 1. The predicted molar refractivity (Wildman–Crippen MR) is 75.7 cm³/mol. The van der Waals surface area contributed by atoms with Gasteiger partial charge in [0.2, 0.25) is 5.91 Å². The average molecular weight is 275 g/mol. The molecule has 4 heteroatoms. The quantitative estimate of drug-likeness (QED) is 0.913. The smallest absolute Gasteiger partial charge is 0.230 e. The molecule has 0 saturated heterocycles. The standard InChI is InChI=1S/C16H21NO3/c18-10-9-17(12-4-3-5-12)16(19)14-8-11-20-15-7-2-1-6-13(14)15/h1-2,6-7,12,14,18H,3-5,8-11H2. The number of rotatable bonds is 4. The Kier molecular flexibility index (Phi) is 3.92. The van der Waals surface area contributed by atoms with E-state index in [-0.39, 0.29) is 18.4 Å². The van der Waals surface area contributed by atoms with Crippen LogP contribution in [0.25, 0.3) is 0 Å². The number of aliphatic hydroxyl groups excluding tert-OH is 1. The molecule has 1 fully saturated rings. The Morgan fingerprint density at radius 3 is 2.80 bits per heavy atom. The molecule has 1 aliphatic carbocycles. The van der Waals surface area contributed by atoms with Gasteiger partial charge >= 0.3 is 0 Å². The number of para-hydroxylation sites is 1. The molecule has 2 aliphatic rings. The molecule has 0 radical (unpaired) electrons. The molecule has 4 nitrogen and oxygen atoms in total. The van der Waals surface area contributed by atoms with Crippen LogP contribution in [-0.2, 0) is 4.79 Å². The summed E-state index contributed by atoms with van der Waals surface area (Å²) in [6, 6.07) is 8.12. The van der Waals surface area contributed by atoms with E-state index < -0.39 is 0 Å². The van der Waals surface area contributed by atoms with Gasteiger partial charge < -0.3 is 14.7 Å². The molecule has 1 aromatic carbocycles. The second-order valence-electron chi connectivity index (χ2n) is 5.57. The molecule has 0 spiro atoms. The molecule has 1 aromatic rings. The molecule has 108 valence electrons. The van der Waals surface area contributed by atoms with Crippen molar-refractivity contribution in [3.8, 4) is 5.75 Å². The van der Waals surface area contributed by atoms with Gasteiger partial charge in [0, 0.05) is 18.2 Å². The van der Waals surface area contributed by atoms with Gasteiger partial charge in [-0.15, -0.1) is 0 Å². The monoisotopic (exact) mass is 275 g/mol. The van der Waals surface area contributed by atoms with Crippen LogP contribution in [0.15, 0.2) is 24.3 Å². The zero-order valence-corrected chi connectivity index (χ0v) is 11.6. The van der Waals surface area contributed by atoms with Crippen molar-refractivity contribution in [1.82, 2.24) is 4.90 Å². The highest BCUT2D eigenvalue weighted by Crippen LogP contribution is 2.36. The lowest BCUT2D eigenvalue weighted by molar-refractivity contribution is -0.138. The first-order valence-corrected chi connectivity index (χ1v) is 7.44. The van der Waals surface area contributed by atoms with Gasteiger partial charge in [0.25, 0.3) is 0 Å². The first-order chi connectivity index (χ1) is 9.81. The number of fused-ring (bicyclic) bond motifs is 1. The Morgan fingerprint density at radius 1 is 1.30 bits per heavy atom. The van der Waals surface area contributed by atoms with Crippen LogP contribution >= 0.6 is 0 Å². The van der Waals surface area contributed by atoms with Gasteiger partial charge in [0.05, 0.1) is 19.1 Å². The minimum Gasteiger partial charge on any atom is -0.493 e. The maximum Gasteiger partial charge on any atom is 0.230 e. The molecule has 0 aromatic heterocycles. The number of aliphatic hydroxyl groups is 1. The van der Waals surface area contributed by atoms with Crippen molar-refractivity contribution in [2.45, 2.75) is 37.6 Å². The Hall–Kier alpha value is -1.55. The molecule has 1 atom stereocenters. The third-order valence-corrected chi connectivity index (χ3v) is 4.40. The van der Waals surface area contributed by atoms with Gasteiger partial charge in [-0.05, 0) is 31.7 Å². The second-order valence-corrected chi connectivity index (χ2v) is 5.57. The van der Waals surface area contributed by atoms with Gasteiger partial charge in [-0.1, -0.05) is 18.2 Å². The van der Waals surface area contributed by atoms with Crippen molar-refractivity contribution in [1.29, 1.82) is 0 Å². The zero-order chi connectivity index (χ0) is 13.9. The van der Waals surface area contributed by atoms with Gasteiger partial charge in [-0.2, -0.15) is 0 Å². The van der Waals surface area contributed by atoms with E-state index in [4.69, 9.17) is 4.74 Å². The number of benzene rings is 1. The molecule has 0 bridgehead atoms. The third kappa shape index (κ3) is 2.40. The molecule has 1 N–H and O–H groups in total. The van der Waals surface area contributed by atoms with E-state index in [1.165, 1.54) is 6.42 Å². The topological polar surface area (TPSA) is 49.8 Å². The zero-order valence-electron chi connectivity index (χ0n) is 11.6. The van der Waals surface area contributed by atoms with Crippen LogP contribution in [0.1, 0.15) is 37.2 Å². The van der Waals surface area contributed by atoms with Gasteiger partial charge in [-0.3, -0.25) is 4.79 Å². The lowest BCUT2D eigenvalue weighted by Crippen LogP contribution is -2.48. The first-order valence-electron chi connectivity index (χ1n) is 7.44. The van der Waals surface area contributed by atoms with Gasteiger partial charge in [0.15, 0.2) is 0 Å². The Labute approximate surface area is 119 Å². The molecular weight excluding hydrogens is 254 g/mol. The molecule has 1 aliphatic heterocycles. The predicted octanol–water partition coefficient (Wildman–Crippen LogP) is 1.93. The fourth-order valence-corrected chi connectivity index (χ4v) is 3.08. The maximum atomic E-state index is 12.8. The Bertz CT molecular complexity index is 484. The Balaban J connectivity index is 1.82. The number of ether oxygens (including phenoxy) is 1. The largest absolute Gasteiger partial charge is 0.493 e. The summed E-state index contributed by atoms with van der Waals surface area (Å²) in [6.45, 7) is 1.07. The fourth-order valence-electron chi connectivity index (χ4n) is 3.08. The first kappa shape index (κ1) is 13.4. The summed E-state index contributed by atoms with van der Waals surface area (Å²) in [4.78, 5) is 14.7. The van der Waals surface area contributed by atoms with E-state index in [0.717, 1.165) is 30.6 Å². The number of nitrogens with zero attached hydrogens (tertiary/aromatic N) is 1. The number of hydrogen-bond acceptors (Lipinski definition) is 3. The normalized spacial score (nSPS) is 21.6. The van der Waals surface area contributed by atoms with E-state index in [2.05, 4.69) is 0 Å². The van der Waals surface area contributed by atoms with E-state index >= 15 is 0 Å². The van der Waals surface area contributed by atoms with Crippen molar-refractivity contribution in [3.63, 3.8) is 0 Å². The van der Waals surface area contributed by atoms with Crippen LogP contribution in [-0.4, -0.2) is 41.7 Å². The van der Waals surface area contributed by atoms with Crippen molar-refractivity contribution in [2.75, 3.05) is 19.8 Å². The maximum absolute atomic E-state index is 12.8. The molecule has 1 saturated carbocycles. The minimum absolute atomic E-state index is 0.0348. The van der Waals surface area contributed by atoms with Crippen molar-refractivity contribution in [3.05, 3.63) is 29.8 Å². The molecular formula is C16H21NO3. The van der Waals surface area contributed by atoms with Crippen LogP contribution < -0.4 is 4.74 Å². The molecule has 20 heavy (non-hydrogen) atoms. The average Bonchev–Trinajstić information content (AvgIpc) is 2.43. The van der Waals surface area contributed by atoms with Crippen molar-refractivity contribution in [2.24, 2.45) is 0 Å². The lowest BCUT2D eigenvalue weighted by atomic mass is 9.87. The van der Waals surface area contributed by atoms with E-state index in [9.17, 15) is 9.90 Å². The van der Waals surface area contributed by atoms with Crippen LogP contribution in [0.5, 0.6) is 5.75 Å². The fraction of sp³-hybridized carbons (Fsp3) is 0.562. The summed E-state index contributed by atoms with van der Waals surface area (Å²) in [7, 11) is 0. The van der Waals surface area contributed by atoms with Crippen LogP contribution in [0, 0.1) is 0 Å². The summed E-state index contributed by atoms with van der Waals surface area (Å²) < 4.78 is 5.62. The highest BCUT2D eigenvalue weighted by atomic mass is 16.5. The SMILES string of the molecule is O=C(C1CCOc2ccccc21)N(CCO)C1CCC1. The number of carbonyl (C=O) groups is 1. The van der Waals surface area contributed by atoms with Gasteiger partial charge in [-0.25, -0.2) is 0 Å². The molecule has 3 rings (SSSR count). The summed E-state index contributed by atoms with van der Waals surface area (Å²) in [5, 5.41) is 9.23. The second kappa shape index (κ2) is 5.83. The highest BCUT2D eigenvalue weighted by Gasteiger charge is 2.35. The van der Waals surface area contributed by atoms with Crippen molar-refractivity contribution < 1.29 is 14.6 Å². The van der Waals surface area contributed by atoms with Crippen molar-refractivity contribution >= 4 is 5.91 Å². The van der Waals surface area contributed by atoms with E-state index in [1.807, 2.05) is 29.2 Å². The highest BCUT2D eigenvalue weighted by molar-refractivity contribution is 5.85. The molecule has 1 heterocycles. The van der Waals surface area contributed by atoms with E-state index in [0.29, 0.717) is 19.2 Å².